The van der Waals surface area contributed by atoms with Crippen LogP contribution in [-0.4, -0.2) is 22.0 Å². The first-order valence-corrected chi connectivity index (χ1v) is 5.01. The van der Waals surface area contributed by atoms with Gasteiger partial charge in [0.05, 0.1) is 18.8 Å². The van der Waals surface area contributed by atoms with Crippen molar-refractivity contribution in [2.75, 3.05) is 6.54 Å². The molecule has 4 nitrogen and oxygen atoms in total. The van der Waals surface area contributed by atoms with Gasteiger partial charge in [0.2, 0.25) is 5.91 Å². The van der Waals surface area contributed by atoms with Crippen molar-refractivity contribution in [1.29, 1.82) is 0 Å². The van der Waals surface area contributed by atoms with Gasteiger partial charge in [-0.3, -0.25) is 4.79 Å². The molecule has 1 N–H and O–H groups in total. The maximum Gasteiger partial charge on any atom is 0.225 e. The molecule has 0 radical (unpaired) electrons. The summed E-state index contributed by atoms with van der Waals surface area (Å²) < 4.78 is 2.03. The molecule has 1 aliphatic rings. The van der Waals surface area contributed by atoms with E-state index in [0.717, 1.165) is 12.8 Å². The van der Waals surface area contributed by atoms with E-state index in [9.17, 15) is 4.79 Å². The van der Waals surface area contributed by atoms with Crippen LogP contribution in [-0.2, 0) is 17.8 Å². The first kappa shape index (κ1) is 9.78. The van der Waals surface area contributed by atoms with Crippen molar-refractivity contribution < 1.29 is 4.79 Å². The van der Waals surface area contributed by atoms with E-state index in [4.69, 9.17) is 6.42 Å². The number of nitrogens with zero attached hydrogens (tertiary/aromatic N) is 2. The fourth-order valence-electron chi connectivity index (χ4n) is 1.87. The molecule has 2 heterocycles. The van der Waals surface area contributed by atoms with Crippen molar-refractivity contribution in [2.45, 2.75) is 19.4 Å². The van der Waals surface area contributed by atoms with Crippen molar-refractivity contribution in [2.24, 2.45) is 5.92 Å². The van der Waals surface area contributed by atoms with Crippen LogP contribution in [0.2, 0.25) is 0 Å². The van der Waals surface area contributed by atoms with Gasteiger partial charge >= 0.3 is 0 Å². The van der Waals surface area contributed by atoms with E-state index in [1.54, 1.807) is 6.33 Å². The van der Waals surface area contributed by atoms with Crippen molar-refractivity contribution in [3.8, 4) is 12.3 Å². The van der Waals surface area contributed by atoms with Gasteiger partial charge in [-0.1, -0.05) is 5.92 Å². The number of aryl methyl sites for hydroxylation is 1. The molecule has 0 spiro atoms. The molecule has 0 fully saturated rings. The van der Waals surface area contributed by atoms with Gasteiger partial charge < -0.3 is 9.88 Å². The van der Waals surface area contributed by atoms with Crippen LogP contribution in [0.5, 0.6) is 0 Å². The highest BCUT2D eigenvalue weighted by atomic mass is 16.1. The zero-order valence-electron chi connectivity index (χ0n) is 8.44. The highest BCUT2D eigenvalue weighted by molar-refractivity contribution is 5.78. The predicted molar refractivity (Wildman–Crippen MR) is 55.9 cm³/mol. The Morgan fingerprint density at radius 1 is 1.80 bits per heavy atom. The predicted octanol–water partition coefficient (Wildman–Crippen LogP) is 0.195. The van der Waals surface area contributed by atoms with E-state index in [1.165, 1.54) is 5.69 Å². The number of imidazole rings is 1. The summed E-state index contributed by atoms with van der Waals surface area (Å²) in [6, 6.07) is 0. The van der Waals surface area contributed by atoms with E-state index >= 15 is 0 Å². The van der Waals surface area contributed by atoms with Crippen molar-refractivity contribution in [1.82, 2.24) is 14.9 Å². The second kappa shape index (κ2) is 4.18. The summed E-state index contributed by atoms with van der Waals surface area (Å²) in [5.74, 6) is 2.48. The highest BCUT2D eigenvalue weighted by Crippen LogP contribution is 2.19. The smallest absolute Gasteiger partial charge is 0.225 e. The fraction of sp³-hybridized carbons (Fsp3) is 0.455. The summed E-state index contributed by atoms with van der Waals surface area (Å²) in [6.45, 7) is 1.03. The minimum Gasteiger partial charge on any atom is -0.345 e. The number of carbonyl (C=O) groups is 1. The number of terminal acetylenes is 1. The van der Waals surface area contributed by atoms with Crippen LogP contribution >= 0.6 is 0 Å². The summed E-state index contributed by atoms with van der Waals surface area (Å²) >= 11 is 0. The Hall–Kier alpha value is -1.76. The molecule has 1 atom stereocenters. The maximum absolute atomic E-state index is 11.6. The van der Waals surface area contributed by atoms with E-state index < -0.39 is 0 Å². The summed E-state index contributed by atoms with van der Waals surface area (Å²) in [4.78, 5) is 15.7. The first-order chi connectivity index (χ1) is 7.31. The monoisotopic (exact) mass is 203 g/mol. The Kier molecular flexibility index (Phi) is 2.72. The lowest BCUT2D eigenvalue weighted by Gasteiger charge is -2.22. The second-order valence-electron chi connectivity index (χ2n) is 3.69. The van der Waals surface area contributed by atoms with Crippen LogP contribution in [0.25, 0.3) is 0 Å². The van der Waals surface area contributed by atoms with Gasteiger partial charge in [0, 0.05) is 18.4 Å². The van der Waals surface area contributed by atoms with Gasteiger partial charge in [0.15, 0.2) is 0 Å². The Morgan fingerprint density at radius 3 is 3.47 bits per heavy atom. The summed E-state index contributed by atoms with van der Waals surface area (Å²) in [7, 11) is 0. The molecule has 2 rings (SSSR count). The lowest BCUT2D eigenvalue weighted by molar-refractivity contribution is -0.125. The van der Waals surface area contributed by atoms with E-state index in [0.29, 0.717) is 13.1 Å². The Morgan fingerprint density at radius 2 is 2.67 bits per heavy atom. The number of rotatable bonds is 2. The number of fused-ring (bicyclic) bond motifs is 1. The van der Waals surface area contributed by atoms with E-state index in [-0.39, 0.29) is 11.8 Å². The minimum absolute atomic E-state index is 0.0278. The van der Waals surface area contributed by atoms with Gasteiger partial charge in [-0.05, 0) is 12.8 Å². The molecule has 0 saturated carbocycles. The molecule has 0 aromatic carbocycles. The number of aromatic nitrogens is 2. The van der Waals surface area contributed by atoms with Gasteiger partial charge in [-0.2, -0.15) is 0 Å². The van der Waals surface area contributed by atoms with Crippen LogP contribution in [0.4, 0.5) is 0 Å². The van der Waals surface area contributed by atoms with Gasteiger partial charge in [0.1, 0.15) is 0 Å². The van der Waals surface area contributed by atoms with Gasteiger partial charge in [-0.25, -0.2) is 4.98 Å². The van der Waals surface area contributed by atoms with Crippen LogP contribution in [0.15, 0.2) is 12.5 Å². The molecule has 0 aliphatic carbocycles. The molecular weight excluding hydrogens is 190 g/mol. The van der Waals surface area contributed by atoms with Crippen molar-refractivity contribution in [3.05, 3.63) is 18.2 Å². The zero-order valence-corrected chi connectivity index (χ0v) is 8.44. The summed E-state index contributed by atoms with van der Waals surface area (Å²) in [5, 5.41) is 2.72. The third kappa shape index (κ3) is 2.01. The average Bonchev–Trinajstić information content (AvgIpc) is 2.72. The molecule has 15 heavy (non-hydrogen) atoms. The molecule has 4 heteroatoms. The number of nitrogens with one attached hydrogen (secondary N) is 1. The van der Waals surface area contributed by atoms with Gasteiger partial charge in [0.25, 0.3) is 0 Å². The fourth-order valence-corrected chi connectivity index (χ4v) is 1.87. The number of carbonyl (C=O) groups excluding carboxylic acids is 1. The molecule has 1 unspecified atom stereocenters. The lowest BCUT2D eigenvalue weighted by Crippen LogP contribution is -2.35. The molecule has 1 aromatic rings. The summed E-state index contributed by atoms with van der Waals surface area (Å²) in [6.07, 6.45) is 10.5. The average molecular weight is 203 g/mol. The van der Waals surface area contributed by atoms with Gasteiger partial charge in [-0.15, -0.1) is 6.42 Å². The largest absolute Gasteiger partial charge is 0.345 e. The van der Waals surface area contributed by atoms with Crippen molar-refractivity contribution >= 4 is 5.91 Å². The van der Waals surface area contributed by atoms with Crippen LogP contribution in [0, 0.1) is 18.3 Å². The second-order valence-corrected chi connectivity index (χ2v) is 3.69. The van der Waals surface area contributed by atoms with Crippen molar-refractivity contribution in [3.63, 3.8) is 0 Å². The zero-order chi connectivity index (χ0) is 10.7. The Balaban J connectivity index is 1.98. The van der Waals surface area contributed by atoms with Crippen LogP contribution in [0.1, 0.15) is 12.1 Å². The summed E-state index contributed by atoms with van der Waals surface area (Å²) in [5.41, 5.74) is 1.20. The molecular formula is C11H13N3O. The number of amides is 1. The Labute approximate surface area is 88.7 Å². The van der Waals surface area contributed by atoms with Crippen LogP contribution in [0.3, 0.4) is 0 Å². The minimum atomic E-state index is 0.0278. The molecule has 78 valence electrons. The molecule has 1 amide bonds. The molecule has 1 aliphatic heterocycles. The van der Waals surface area contributed by atoms with E-state index in [1.807, 2.05) is 10.8 Å². The standard InChI is InChI=1S/C11H13N3O/c1-2-5-13-11(15)9-3-4-10-6-12-8-14(10)7-9/h1,6,8-9H,3-5,7H2,(H,13,15). The number of hydrogen-bond donors (Lipinski definition) is 1. The van der Waals surface area contributed by atoms with Crippen LogP contribution < -0.4 is 5.32 Å². The third-order valence-electron chi connectivity index (χ3n) is 2.70. The topological polar surface area (TPSA) is 46.9 Å². The number of hydrogen-bond acceptors (Lipinski definition) is 2. The molecule has 0 bridgehead atoms. The lowest BCUT2D eigenvalue weighted by atomic mass is 9.97. The highest BCUT2D eigenvalue weighted by Gasteiger charge is 2.23. The third-order valence-corrected chi connectivity index (χ3v) is 2.70. The molecule has 0 saturated heterocycles. The Bertz CT molecular complexity index is 402. The first-order valence-electron chi connectivity index (χ1n) is 5.01. The maximum atomic E-state index is 11.6. The van der Waals surface area contributed by atoms with E-state index in [2.05, 4.69) is 16.2 Å². The SMILES string of the molecule is C#CCNC(=O)C1CCc2cncn2C1. The quantitative estimate of drug-likeness (QED) is 0.698. The normalized spacial score (nSPS) is 19.0. The molecule has 1 aromatic heterocycles.